The van der Waals surface area contributed by atoms with Crippen molar-refractivity contribution in [3.63, 3.8) is 0 Å². The summed E-state index contributed by atoms with van der Waals surface area (Å²) in [5.74, 6) is -0.169. The standard InChI is InChI=1S/C25H28N2O4/c1-18(24(29)27(2)25(17-26)13-5-4-6-14-25)31-23(28)12-8-19-7-9-21-16-22(30-3)11-10-20(21)15-19/h7-12,15-16,18H,4-6,13-14H2,1-3H3/b12-8+/t18-/m1/s1. The van der Waals surface area contributed by atoms with Crippen LogP contribution < -0.4 is 4.74 Å². The highest BCUT2D eigenvalue weighted by Crippen LogP contribution is 2.33. The fraction of sp³-hybridized carbons (Fsp3) is 0.400. The summed E-state index contributed by atoms with van der Waals surface area (Å²) < 4.78 is 10.5. The number of rotatable bonds is 6. The SMILES string of the molecule is COc1ccc2cc(/C=C/C(=O)O[C@H](C)C(=O)N(C)C3(C#N)CCCCC3)ccc2c1. The molecule has 31 heavy (non-hydrogen) atoms. The number of fused-ring (bicyclic) bond motifs is 1. The molecular formula is C25H28N2O4. The Morgan fingerprint density at radius 2 is 1.81 bits per heavy atom. The van der Waals surface area contributed by atoms with Crippen molar-refractivity contribution in [1.82, 2.24) is 4.90 Å². The minimum atomic E-state index is -0.960. The van der Waals surface area contributed by atoms with Crippen LogP contribution in [-0.4, -0.2) is 42.6 Å². The summed E-state index contributed by atoms with van der Waals surface area (Å²) in [5.41, 5.74) is 0.0379. The van der Waals surface area contributed by atoms with Crippen LogP contribution in [0.5, 0.6) is 5.75 Å². The molecule has 1 saturated carbocycles. The van der Waals surface area contributed by atoms with Crippen LogP contribution in [0.15, 0.2) is 42.5 Å². The predicted octanol–water partition coefficient (Wildman–Crippen LogP) is 4.48. The van der Waals surface area contributed by atoms with Gasteiger partial charge in [0.05, 0.1) is 13.2 Å². The monoisotopic (exact) mass is 420 g/mol. The van der Waals surface area contributed by atoms with Gasteiger partial charge >= 0.3 is 5.97 Å². The van der Waals surface area contributed by atoms with E-state index in [4.69, 9.17) is 9.47 Å². The van der Waals surface area contributed by atoms with Gasteiger partial charge in [0, 0.05) is 13.1 Å². The quantitative estimate of drug-likeness (QED) is 0.509. The van der Waals surface area contributed by atoms with Crippen LogP contribution in [0.25, 0.3) is 16.8 Å². The lowest BCUT2D eigenvalue weighted by Gasteiger charge is -2.39. The maximum Gasteiger partial charge on any atom is 0.331 e. The number of likely N-dealkylation sites (N-methyl/N-ethyl adjacent to an activating group) is 1. The van der Waals surface area contributed by atoms with Gasteiger partial charge < -0.3 is 14.4 Å². The zero-order valence-electron chi connectivity index (χ0n) is 18.3. The fourth-order valence-electron chi connectivity index (χ4n) is 4.04. The molecular weight excluding hydrogens is 392 g/mol. The molecule has 3 rings (SSSR count). The molecule has 0 heterocycles. The fourth-order valence-corrected chi connectivity index (χ4v) is 4.04. The van der Waals surface area contributed by atoms with Gasteiger partial charge in [0.1, 0.15) is 11.3 Å². The number of carbonyl (C=O) groups excluding carboxylic acids is 2. The summed E-state index contributed by atoms with van der Waals surface area (Å²) in [6.45, 7) is 1.54. The van der Waals surface area contributed by atoms with Gasteiger partial charge in [-0.3, -0.25) is 4.79 Å². The Labute approximate surface area is 183 Å². The summed E-state index contributed by atoms with van der Waals surface area (Å²) >= 11 is 0. The van der Waals surface area contributed by atoms with Crippen LogP contribution in [0.1, 0.15) is 44.6 Å². The number of nitriles is 1. The molecule has 1 amide bonds. The van der Waals surface area contributed by atoms with Crippen molar-refractivity contribution >= 4 is 28.7 Å². The molecule has 1 aliphatic rings. The van der Waals surface area contributed by atoms with E-state index in [2.05, 4.69) is 6.07 Å². The Hall–Kier alpha value is -3.33. The van der Waals surface area contributed by atoms with Crippen molar-refractivity contribution in [2.75, 3.05) is 14.2 Å². The molecule has 6 nitrogen and oxygen atoms in total. The lowest BCUT2D eigenvalue weighted by atomic mass is 9.81. The maximum absolute atomic E-state index is 12.8. The highest BCUT2D eigenvalue weighted by molar-refractivity contribution is 5.92. The molecule has 0 aliphatic heterocycles. The first-order valence-electron chi connectivity index (χ1n) is 10.5. The Balaban J connectivity index is 1.63. The van der Waals surface area contributed by atoms with Crippen LogP contribution in [0, 0.1) is 11.3 Å². The number of hydrogen-bond donors (Lipinski definition) is 0. The largest absolute Gasteiger partial charge is 0.497 e. The van der Waals surface area contributed by atoms with Crippen LogP contribution in [0.2, 0.25) is 0 Å². The number of hydrogen-bond acceptors (Lipinski definition) is 5. The van der Waals surface area contributed by atoms with Gasteiger partial charge in [0.25, 0.3) is 5.91 Å². The Bertz CT molecular complexity index is 1030. The van der Waals surface area contributed by atoms with Gasteiger partial charge in [-0.05, 0) is 60.4 Å². The highest BCUT2D eigenvalue weighted by Gasteiger charge is 2.40. The second-order valence-electron chi connectivity index (χ2n) is 7.99. The third-order valence-electron chi connectivity index (χ3n) is 5.99. The first-order chi connectivity index (χ1) is 14.9. The highest BCUT2D eigenvalue weighted by atomic mass is 16.5. The molecule has 6 heteroatoms. The average Bonchev–Trinajstić information content (AvgIpc) is 2.81. The van der Waals surface area contributed by atoms with E-state index >= 15 is 0 Å². The number of esters is 1. The van der Waals surface area contributed by atoms with E-state index in [1.807, 2.05) is 36.4 Å². The molecule has 0 unspecified atom stereocenters. The first-order valence-corrected chi connectivity index (χ1v) is 10.5. The normalized spacial score (nSPS) is 16.5. The Morgan fingerprint density at radius 3 is 2.48 bits per heavy atom. The molecule has 162 valence electrons. The molecule has 0 radical (unpaired) electrons. The lowest BCUT2D eigenvalue weighted by molar-refractivity contribution is -0.157. The smallest absolute Gasteiger partial charge is 0.331 e. The summed E-state index contributed by atoms with van der Waals surface area (Å²) in [6.07, 6.45) is 6.23. The second kappa shape index (κ2) is 9.65. The van der Waals surface area contributed by atoms with Gasteiger partial charge in [-0.2, -0.15) is 5.26 Å². The molecule has 0 spiro atoms. The van der Waals surface area contributed by atoms with E-state index < -0.39 is 17.6 Å². The van der Waals surface area contributed by atoms with Crippen molar-refractivity contribution in [3.8, 4) is 11.8 Å². The summed E-state index contributed by atoms with van der Waals surface area (Å²) in [6, 6.07) is 13.9. The second-order valence-corrected chi connectivity index (χ2v) is 7.99. The minimum Gasteiger partial charge on any atom is -0.497 e. The van der Waals surface area contributed by atoms with Gasteiger partial charge in [-0.25, -0.2) is 4.79 Å². The van der Waals surface area contributed by atoms with Gasteiger partial charge in [-0.15, -0.1) is 0 Å². The summed E-state index contributed by atoms with van der Waals surface area (Å²) in [5, 5.41) is 11.7. The van der Waals surface area contributed by atoms with Crippen LogP contribution in [0.3, 0.4) is 0 Å². The maximum atomic E-state index is 12.8. The van der Waals surface area contributed by atoms with Gasteiger partial charge in [0.2, 0.25) is 0 Å². The zero-order chi connectivity index (χ0) is 22.4. The number of ether oxygens (including phenoxy) is 2. The Morgan fingerprint density at radius 1 is 1.13 bits per heavy atom. The van der Waals surface area contributed by atoms with Crippen molar-refractivity contribution in [1.29, 1.82) is 5.26 Å². The number of benzene rings is 2. The van der Waals surface area contributed by atoms with Crippen LogP contribution in [0.4, 0.5) is 0 Å². The van der Waals surface area contributed by atoms with Crippen molar-refractivity contribution in [2.24, 2.45) is 0 Å². The molecule has 0 bridgehead atoms. The summed E-state index contributed by atoms with van der Waals surface area (Å²) in [7, 11) is 3.25. The van der Waals surface area contributed by atoms with E-state index in [9.17, 15) is 14.9 Å². The number of nitrogens with zero attached hydrogens (tertiary/aromatic N) is 2. The van der Waals surface area contributed by atoms with E-state index in [0.29, 0.717) is 12.8 Å². The van der Waals surface area contributed by atoms with Crippen LogP contribution in [-0.2, 0) is 14.3 Å². The van der Waals surface area contributed by atoms with E-state index in [-0.39, 0.29) is 5.91 Å². The average molecular weight is 421 g/mol. The first kappa shape index (κ1) is 22.4. The number of methoxy groups -OCH3 is 1. The third kappa shape index (κ3) is 5.05. The molecule has 2 aromatic rings. The number of carbonyl (C=O) groups is 2. The van der Waals surface area contributed by atoms with E-state index in [1.54, 1.807) is 27.2 Å². The molecule has 0 N–H and O–H groups in total. The predicted molar refractivity (Wildman–Crippen MR) is 119 cm³/mol. The molecule has 0 aromatic heterocycles. The van der Waals surface area contributed by atoms with Crippen molar-refractivity contribution in [2.45, 2.75) is 50.7 Å². The Kier molecular flexibility index (Phi) is 6.96. The molecule has 2 aromatic carbocycles. The van der Waals surface area contributed by atoms with Gasteiger partial charge in [0.15, 0.2) is 6.10 Å². The van der Waals surface area contributed by atoms with Crippen molar-refractivity contribution in [3.05, 3.63) is 48.0 Å². The van der Waals surface area contributed by atoms with Gasteiger partial charge in [-0.1, -0.05) is 37.5 Å². The van der Waals surface area contributed by atoms with E-state index in [0.717, 1.165) is 41.3 Å². The van der Waals surface area contributed by atoms with E-state index in [1.165, 1.54) is 11.0 Å². The number of amides is 1. The molecule has 1 atom stereocenters. The lowest BCUT2D eigenvalue weighted by Crippen LogP contribution is -2.53. The van der Waals surface area contributed by atoms with Crippen molar-refractivity contribution < 1.29 is 19.1 Å². The zero-order valence-corrected chi connectivity index (χ0v) is 18.3. The topological polar surface area (TPSA) is 79.6 Å². The minimum absolute atomic E-state index is 0.357. The molecule has 0 saturated heterocycles. The third-order valence-corrected chi connectivity index (χ3v) is 5.99. The molecule has 1 fully saturated rings. The molecule has 1 aliphatic carbocycles. The van der Waals surface area contributed by atoms with Crippen LogP contribution >= 0.6 is 0 Å². The summed E-state index contributed by atoms with van der Waals surface area (Å²) in [4.78, 5) is 26.5.